The Hall–Kier alpha value is -1.46. The van der Waals surface area contributed by atoms with E-state index in [0.717, 1.165) is 15.7 Å². The SMILES string of the molecule is COc1cc(CC(N)c2ccc(Br)cc2)ncn1. The molecule has 0 saturated carbocycles. The quantitative estimate of drug-likeness (QED) is 0.942. The second kappa shape index (κ2) is 5.93. The van der Waals surface area contributed by atoms with Crippen LogP contribution in [0.1, 0.15) is 17.3 Å². The Morgan fingerprint density at radius 1 is 1.28 bits per heavy atom. The van der Waals surface area contributed by atoms with Gasteiger partial charge < -0.3 is 10.5 Å². The van der Waals surface area contributed by atoms with Gasteiger partial charge in [-0.15, -0.1) is 0 Å². The first-order valence-corrected chi connectivity index (χ1v) is 6.34. The van der Waals surface area contributed by atoms with Crippen LogP contribution < -0.4 is 10.5 Å². The number of benzene rings is 1. The zero-order valence-electron chi connectivity index (χ0n) is 10.0. The van der Waals surface area contributed by atoms with Gasteiger partial charge in [-0.1, -0.05) is 28.1 Å². The fourth-order valence-corrected chi connectivity index (χ4v) is 1.92. The van der Waals surface area contributed by atoms with Crippen LogP contribution in [0.2, 0.25) is 0 Å². The standard InChI is InChI=1S/C13H14BrN3O/c1-18-13-7-11(16-8-17-13)6-12(15)9-2-4-10(14)5-3-9/h2-5,7-8,12H,6,15H2,1H3. The van der Waals surface area contributed by atoms with Gasteiger partial charge in [0.05, 0.1) is 7.11 Å². The molecule has 1 aromatic heterocycles. The summed E-state index contributed by atoms with van der Waals surface area (Å²) < 4.78 is 6.10. The molecule has 0 saturated heterocycles. The lowest BCUT2D eigenvalue weighted by molar-refractivity contribution is 0.395. The largest absolute Gasteiger partial charge is 0.481 e. The van der Waals surface area contributed by atoms with Gasteiger partial charge in [0.15, 0.2) is 0 Å². The van der Waals surface area contributed by atoms with Gasteiger partial charge in [0.1, 0.15) is 6.33 Å². The fraction of sp³-hybridized carbons (Fsp3) is 0.231. The summed E-state index contributed by atoms with van der Waals surface area (Å²) in [7, 11) is 1.58. The molecule has 2 rings (SSSR count). The highest BCUT2D eigenvalue weighted by Crippen LogP contribution is 2.19. The summed E-state index contributed by atoms with van der Waals surface area (Å²) >= 11 is 3.40. The summed E-state index contributed by atoms with van der Waals surface area (Å²) in [6, 6.07) is 9.70. The Labute approximate surface area is 114 Å². The first kappa shape index (κ1) is 13.0. The molecular formula is C13H14BrN3O. The summed E-state index contributed by atoms with van der Waals surface area (Å²) in [5.74, 6) is 0.558. The lowest BCUT2D eigenvalue weighted by Gasteiger charge is -2.11. The van der Waals surface area contributed by atoms with Gasteiger partial charge in [0.2, 0.25) is 5.88 Å². The lowest BCUT2D eigenvalue weighted by Crippen LogP contribution is -2.14. The van der Waals surface area contributed by atoms with Crippen LogP contribution >= 0.6 is 15.9 Å². The van der Waals surface area contributed by atoms with Crippen LogP contribution in [0.3, 0.4) is 0 Å². The van der Waals surface area contributed by atoms with Crippen molar-refractivity contribution in [3.63, 3.8) is 0 Å². The van der Waals surface area contributed by atoms with E-state index in [1.54, 1.807) is 13.2 Å². The van der Waals surface area contributed by atoms with Gasteiger partial charge in [-0.05, 0) is 17.7 Å². The third-order valence-electron chi connectivity index (χ3n) is 2.63. The van der Waals surface area contributed by atoms with Crippen LogP contribution in [-0.2, 0) is 6.42 Å². The van der Waals surface area contributed by atoms with E-state index in [0.29, 0.717) is 12.3 Å². The number of halogens is 1. The molecule has 1 aromatic carbocycles. The summed E-state index contributed by atoms with van der Waals surface area (Å²) in [4.78, 5) is 8.16. The van der Waals surface area contributed by atoms with Gasteiger partial charge in [0.25, 0.3) is 0 Å². The van der Waals surface area contributed by atoms with Crippen molar-refractivity contribution in [2.75, 3.05) is 7.11 Å². The molecule has 0 amide bonds. The zero-order valence-corrected chi connectivity index (χ0v) is 11.6. The van der Waals surface area contributed by atoms with Crippen LogP contribution in [0.5, 0.6) is 5.88 Å². The fourth-order valence-electron chi connectivity index (χ4n) is 1.65. The van der Waals surface area contributed by atoms with E-state index in [9.17, 15) is 0 Å². The first-order chi connectivity index (χ1) is 8.69. The summed E-state index contributed by atoms with van der Waals surface area (Å²) in [5.41, 5.74) is 8.10. The van der Waals surface area contributed by atoms with Crippen LogP contribution in [0, 0.1) is 0 Å². The molecule has 2 N–H and O–H groups in total. The molecule has 0 spiro atoms. The molecule has 0 aliphatic carbocycles. The van der Waals surface area contributed by atoms with Crippen LogP contribution in [0.4, 0.5) is 0 Å². The third-order valence-corrected chi connectivity index (χ3v) is 3.16. The van der Waals surface area contributed by atoms with Crippen LogP contribution in [0.25, 0.3) is 0 Å². The van der Waals surface area contributed by atoms with Crippen molar-refractivity contribution < 1.29 is 4.74 Å². The third kappa shape index (κ3) is 3.27. The Morgan fingerprint density at radius 2 is 2.00 bits per heavy atom. The number of aromatic nitrogens is 2. The van der Waals surface area contributed by atoms with E-state index in [1.165, 1.54) is 6.33 Å². The van der Waals surface area contributed by atoms with Gasteiger partial charge in [-0.2, -0.15) is 0 Å². The van der Waals surface area contributed by atoms with E-state index in [4.69, 9.17) is 10.5 Å². The molecule has 1 heterocycles. The summed E-state index contributed by atoms with van der Waals surface area (Å²) in [5, 5.41) is 0. The monoisotopic (exact) mass is 307 g/mol. The molecule has 1 atom stereocenters. The highest BCUT2D eigenvalue weighted by Gasteiger charge is 2.09. The van der Waals surface area contributed by atoms with Gasteiger partial charge in [0, 0.05) is 28.7 Å². The van der Waals surface area contributed by atoms with Crippen LogP contribution in [-0.4, -0.2) is 17.1 Å². The van der Waals surface area contributed by atoms with Crippen molar-refractivity contribution >= 4 is 15.9 Å². The predicted molar refractivity (Wildman–Crippen MR) is 73.4 cm³/mol. The topological polar surface area (TPSA) is 61.0 Å². The molecule has 0 aliphatic heterocycles. The number of nitrogens with two attached hydrogens (primary N) is 1. The van der Waals surface area contributed by atoms with E-state index in [-0.39, 0.29) is 6.04 Å². The maximum Gasteiger partial charge on any atom is 0.216 e. The van der Waals surface area contributed by atoms with Gasteiger partial charge in [-0.25, -0.2) is 9.97 Å². The maximum absolute atomic E-state index is 6.15. The summed E-state index contributed by atoms with van der Waals surface area (Å²) in [6.07, 6.45) is 2.14. The van der Waals surface area contributed by atoms with E-state index in [1.807, 2.05) is 24.3 Å². The molecular weight excluding hydrogens is 294 g/mol. The molecule has 0 bridgehead atoms. The van der Waals surface area contributed by atoms with E-state index < -0.39 is 0 Å². The molecule has 4 nitrogen and oxygen atoms in total. The number of hydrogen-bond donors (Lipinski definition) is 1. The number of methoxy groups -OCH3 is 1. The molecule has 5 heteroatoms. The highest BCUT2D eigenvalue weighted by molar-refractivity contribution is 9.10. The van der Waals surface area contributed by atoms with Gasteiger partial charge in [-0.3, -0.25) is 0 Å². The van der Waals surface area contributed by atoms with E-state index >= 15 is 0 Å². The van der Waals surface area contributed by atoms with Crippen molar-refractivity contribution in [2.45, 2.75) is 12.5 Å². The highest BCUT2D eigenvalue weighted by atomic mass is 79.9. The minimum Gasteiger partial charge on any atom is -0.481 e. The second-order valence-corrected chi connectivity index (χ2v) is 4.83. The van der Waals surface area contributed by atoms with Crippen molar-refractivity contribution in [1.29, 1.82) is 0 Å². The molecule has 18 heavy (non-hydrogen) atoms. The Morgan fingerprint density at radius 3 is 2.67 bits per heavy atom. The summed E-state index contributed by atoms with van der Waals surface area (Å²) in [6.45, 7) is 0. The normalized spacial score (nSPS) is 12.2. The smallest absolute Gasteiger partial charge is 0.216 e. The Kier molecular flexibility index (Phi) is 4.28. The van der Waals surface area contributed by atoms with Crippen LogP contribution in [0.15, 0.2) is 41.1 Å². The Bertz CT molecular complexity index is 516. The predicted octanol–water partition coefficient (Wildman–Crippen LogP) is 2.49. The molecule has 1 unspecified atom stereocenters. The minimum atomic E-state index is -0.0855. The second-order valence-electron chi connectivity index (χ2n) is 3.91. The number of nitrogens with zero attached hydrogens (tertiary/aromatic N) is 2. The molecule has 0 fully saturated rings. The Balaban J connectivity index is 2.10. The molecule has 0 radical (unpaired) electrons. The average molecular weight is 308 g/mol. The lowest BCUT2D eigenvalue weighted by atomic mass is 10.0. The number of ether oxygens (including phenoxy) is 1. The molecule has 94 valence electrons. The van der Waals surface area contributed by atoms with Crippen molar-refractivity contribution in [1.82, 2.24) is 9.97 Å². The number of rotatable bonds is 4. The number of hydrogen-bond acceptors (Lipinski definition) is 4. The van der Waals surface area contributed by atoms with Crippen molar-refractivity contribution in [2.24, 2.45) is 5.73 Å². The molecule has 2 aromatic rings. The van der Waals surface area contributed by atoms with Gasteiger partial charge >= 0.3 is 0 Å². The average Bonchev–Trinajstić information content (AvgIpc) is 2.39. The maximum atomic E-state index is 6.15. The van der Waals surface area contributed by atoms with Crippen molar-refractivity contribution in [3.05, 3.63) is 52.4 Å². The van der Waals surface area contributed by atoms with Crippen molar-refractivity contribution in [3.8, 4) is 5.88 Å². The van der Waals surface area contributed by atoms with E-state index in [2.05, 4.69) is 25.9 Å². The zero-order chi connectivity index (χ0) is 13.0. The first-order valence-electron chi connectivity index (χ1n) is 5.55. The minimum absolute atomic E-state index is 0.0855. The molecule has 0 aliphatic rings.